The summed E-state index contributed by atoms with van der Waals surface area (Å²) in [6.45, 7) is 2.18. The van der Waals surface area contributed by atoms with Gasteiger partial charge in [-0.25, -0.2) is 4.79 Å². The minimum Gasteiger partial charge on any atom is -0.464 e. The first-order valence-electron chi connectivity index (χ1n) is 5.22. The first-order valence-corrected chi connectivity index (χ1v) is 5.22. The Morgan fingerprint density at radius 1 is 1.50 bits per heavy atom. The average molecular weight is 197 g/mol. The van der Waals surface area contributed by atoms with Gasteiger partial charge in [0.05, 0.1) is 6.61 Å². The van der Waals surface area contributed by atoms with Gasteiger partial charge in [-0.3, -0.25) is 4.79 Å². The molecule has 2 heterocycles. The lowest BCUT2D eigenvalue weighted by Gasteiger charge is -2.22. The molecule has 4 heteroatoms. The number of rotatable bonds is 2. The standard InChI is InChI=1S/C10H15NO3/c1-2-14-10(13)8-5-3-7-4-6-9(12)11(7)8/h7-8H,2-6H2,1H3. The summed E-state index contributed by atoms with van der Waals surface area (Å²) in [5.41, 5.74) is 0. The van der Waals surface area contributed by atoms with E-state index in [9.17, 15) is 9.59 Å². The van der Waals surface area contributed by atoms with Crippen molar-refractivity contribution in [3.8, 4) is 0 Å². The van der Waals surface area contributed by atoms with E-state index < -0.39 is 0 Å². The number of carbonyl (C=O) groups excluding carboxylic acids is 2. The van der Waals surface area contributed by atoms with Crippen LogP contribution >= 0.6 is 0 Å². The number of hydrogen-bond donors (Lipinski definition) is 0. The molecule has 1 amide bonds. The number of carbonyl (C=O) groups is 2. The molecule has 0 aromatic rings. The Labute approximate surface area is 83.2 Å². The number of nitrogens with zero attached hydrogens (tertiary/aromatic N) is 1. The van der Waals surface area contributed by atoms with Gasteiger partial charge in [-0.2, -0.15) is 0 Å². The Balaban J connectivity index is 2.06. The molecule has 4 nitrogen and oxygen atoms in total. The zero-order chi connectivity index (χ0) is 10.1. The molecule has 0 aromatic carbocycles. The summed E-state index contributed by atoms with van der Waals surface area (Å²) < 4.78 is 4.95. The molecule has 0 radical (unpaired) electrons. The molecule has 0 bridgehead atoms. The smallest absolute Gasteiger partial charge is 0.328 e. The van der Waals surface area contributed by atoms with E-state index in [2.05, 4.69) is 0 Å². The van der Waals surface area contributed by atoms with E-state index in [-0.39, 0.29) is 17.9 Å². The number of fused-ring (bicyclic) bond motifs is 1. The summed E-state index contributed by atoms with van der Waals surface area (Å²) in [7, 11) is 0. The third kappa shape index (κ3) is 1.38. The van der Waals surface area contributed by atoms with Gasteiger partial charge >= 0.3 is 5.97 Å². The lowest BCUT2D eigenvalue weighted by Crippen LogP contribution is -2.41. The van der Waals surface area contributed by atoms with Gasteiger partial charge in [0, 0.05) is 12.5 Å². The highest BCUT2D eigenvalue weighted by atomic mass is 16.5. The molecule has 0 saturated carbocycles. The maximum absolute atomic E-state index is 11.5. The molecule has 0 N–H and O–H groups in total. The van der Waals surface area contributed by atoms with E-state index in [0.29, 0.717) is 19.1 Å². The molecule has 2 aliphatic heterocycles. The van der Waals surface area contributed by atoms with Crippen molar-refractivity contribution in [3.05, 3.63) is 0 Å². The largest absolute Gasteiger partial charge is 0.464 e. The van der Waals surface area contributed by atoms with E-state index in [0.717, 1.165) is 19.3 Å². The van der Waals surface area contributed by atoms with Gasteiger partial charge in [0.15, 0.2) is 0 Å². The van der Waals surface area contributed by atoms with E-state index in [1.54, 1.807) is 11.8 Å². The number of hydrogen-bond acceptors (Lipinski definition) is 3. The van der Waals surface area contributed by atoms with Crippen LogP contribution in [0.2, 0.25) is 0 Å². The monoisotopic (exact) mass is 197 g/mol. The second-order valence-electron chi connectivity index (χ2n) is 3.84. The van der Waals surface area contributed by atoms with Crippen molar-refractivity contribution in [3.63, 3.8) is 0 Å². The van der Waals surface area contributed by atoms with Crippen LogP contribution in [0.15, 0.2) is 0 Å². The van der Waals surface area contributed by atoms with Crippen molar-refractivity contribution in [2.45, 2.75) is 44.7 Å². The third-order valence-corrected chi connectivity index (χ3v) is 3.04. The first kappa shape index (κ1) is 9.49. The average Bonchev–Trinajstić information content (AvgIpc) is 2.70. The van der Waals surface area contributed by atoms with E-state index in [4.69, 9.17) is 4.74 Å². The van der Waals surface area contributed by atoms with Crippen molar-refractivity contribution in [2.75, 3.05) is 6.61 Å². The Hall–Kier alpha value is -1.06. The molecule has 2 fully saturated rings. The molecular formula is C10H15NO3. The van der Waals surface area contributed by atoms with Crippen LogP contribution < -0.4 is 0 Å². The van der Waals surface area contributed by atoms with Gasteiger partial charge in [-0.15, -0.1) is 0 Å². The second-order valence-corrected chi connectivity index (χ2v) is 3.84. The minimum atomic E-state index is -0.296. The normalized spacial score (nSPS) is 30.6. The van der Waals surface area contributed by atoms with Crippen molar-refractivity contribution in [1.29, 1.82) is 0 Å². The highest BCUT2D eigenvalue weighted by Crippen LogP contribution is 2.33. The molecule has 0 aromatic heterocycles. The molecule has 2 rings (SSSR count). The Kier molecular flexibility index (Phi) is 2.44. The predicted molar refractivity (Wildman–Crippen MR) is 49.5 cm³/mol. The van der Waals surface area contributed by atoms with Crippen LogP contribution in [0.4, 0.5) is 0 Å². The molecule has 0 aliphatic carbocycles. The van der Waals surface area contributed by atoms with E-state index >= 15 is 0 Å². The molecule has 2 atom stereocenters. The quantitative estimate of drug-likeness (QED) is 0.612. The second kappa shape index (κ2) is 3.59. The summed E-state index contributed by atoms with van der Waals surface area (Å²) in [6, 6.07) is 0.00635. The fraction of sp³-hybridized carbons (Fsp3) is 0.800. The molecular weight excluding hydrogens is 182 g/mol. The molecule has 0 spiro atoms. The molecule has 2 saturated heterocycles. The fourth-order valence-corrected chi connectivity index (χ4v) is 2.43. The van der Waals surface area contributed by atoms with Crippen LogP contribution in [0.25, 0.3) is 0 Å². The Morgan fingerprint density at radius 2 is 2.29 bits per heavy atom. The summed E-state index contributed by atoms with van der Waals surface area (Å²) in [4.78, 5) is 24.7. The van der Waals surface area contributed by atoms with Crippen LogP contribution in [0.1, 0.15) is 32.6 Å². The maximum Gasteiger partial charge on any atom is 0.328 e. The SMILES string of the molecule is CCOC(=O)C1CCC2CCC(=O)N21. The zero-order valence-electron chi connectivity index (χ0n) is 8.36. The van der Waals surface area contributed by atoms with Crippen molar-refractivity contribution in [1.82, 2.24) is 4.90 Å². The van der Waals surface area contributed by atoms with Gasteiger partial charge in [0.2, 0.25) is 5.91 Å². The van der Waals surface area contributed by atoms with Crippen molar-refractivity contribution >= 4 is 11.9 Å². The van der Waals surface area contributed by atoms with E-state index in [1.165, 1.54) is 0 Å². The number of amides is 1. The zero-order valence-corrected chi connectivity index (χ0v) is 8.36. The summed E-state index contributed by atoms with van der Waals surface area (Å²) in [6.07, 6.45) is 3.24. The number of esters is 1. The Morgan fingerprint density at radius 3 is 3.00 bits per heavy atom. The van der Waals surface area contributed by atoms with Gasteiger partial charge in [0.25, 0.3) is 0 Å². The topological polar surface area (TPSA) is 46.6 Å². The minimum absolute atomic E-state index is 0.116. The van der Waals surface area contributed by atoms with Gasteiger partial charge in [-0.05, 0) is 26.2 Å². The first-order chi connectivity index (χ1) is 6.74. The third-order valence-electron chi connectivity index (χ3n) is 3.04. The molecule has 2 aliphatic rings. The maximum atomic E-state index is 11.5. The van der Waals surface area contributed by atoms with Gasteiger partial charge in [0.1, 0.15) is 6.04 Å². The summed E-state index contributed by atoms with van der Waals surface area (Å²) in [5.74, 6) is -0.115. The Bertz CT molecular complexity index is 264. The molecule has 78 valence electrons. The van der Waals surface area contributed by atoms with Crippen LogP contribution in [-0.4, -0.2) is 35.5 Å². The van der Waals surface area contributed by atoms with Crippen LogP contribution in [-0.2, 0) is 14.3 Å². The lowest BCUT2D eigenvalue weighted by atomic mass is 10.1. The van der Waals surface area contributed by atoms with Crippen molar-refractivity contribution < 1.29 is 14.3 Å². The van der Waals surface area contributed by atoms with E-state index in [1.807, 2.05) is 0 Å². The summed E-state index contributed by atoms with van der Waals surface area (Å²) in [5, 5.41) is 0. The lowest BCUT2D eigenvalue weighted by molar-refractivity contribution is -0.152. The highest BCUT2D eigenvalue weighted by molar-refractivity contribution is 5.87. The highest BCUT2D eigenvalue weighted by Gasteiger charge is 2.44. The van der Waals surface area contributed by atoms with Crippen molar-refractivity contribution in [2.24, 2.45) is 0 Å². The summed E-state index contributed by atoms with van der Waals surface area (Å²) >= 11 is 0. The molecule has 2 unspecified atom stereocenters. The van der Waals surface area contributed by atoms with Gasteiger partial charge in [-0.1, -0.05) is 0 Å². The predicted octanol–water partition coefficient (Wildman–Crippen LogP) is 0.703. The fourth-order valence-electron chi connectivity index (χ4n) is 2.43. The van der Waals surface area contributed by atoms with Crippen LogP contribution in [0.5, 0.6) is 0 Å². The van der Waals surface area contributed by atoms with Crippen LogP contribution in [0, 0.1) is 0 Å². The molecule has 14 heavy (non-hydrogen) atoms. The number of ether oxygens (including phenoxy) is 1. The van der Waals surface area contributed by atoms with Crippen LogP contribution in [0.3, 0.4) is 0 Å². The van der Waals surface area contributed by atoms with Gasteiger partial charge < -0.3 is 9.64 Å².